The van der Waals surface area contributed by atoms with E-state index in [-0.39, 0.29) is 5.91 Å². The number of aromatic nitrogens is 2. The molecule has 0 spiro atoms. The van der Waals surface area contributed by atoms with Gasteiger partial charge >= 0.3 is 6.18 Å². The van der Waals surface area contributed by atoms with E-state index in [1.165, 1.54) is 16.0 Å². The van der Waals surface area contributed by atoms with Crippen molar-refractivity contribution in [3.63, 3.8) is 0 Å². The number of hydrogen-bond donors (Lipinski definition) is 1. The first kappa shape index (κ1) is 17.5. The van der Waals surface area contributed by atoms with E-state index in [1.807, 2.05) is 19.9 Å². The monoisotopic (exact) mass is 345 g/mol. The van der Waals surface area contributed by atoms with E-state index in [0.717, 1.165) is 16.5 Å². The highest BCUT2D eigenvalue weighted by Gasteiger charge is 2.34. The SMILES string of the molecule is Cc1cc(C(=O)NCCCn2nc(C(F)(F)F)cc2C)sc1C. The molecule has 2 aromatic heterocycles. The molecule has 23 heavy (non-hydrogen) atoms. The average Bonchev–Trinajstić information content (AvgIpc) is 2.98. The number of nitrogens with one attached hydrogen (secondary N) is 1. The topological polar surface area (TPSA) is 46.9 Å². The second-order valence-corrected chi connectivity index (χ2v) is 6.61. The van der Waals surface area contributed by atoms with Crippen molar-refractivity contribution >= 4 is 17.2 Å². The van der Waals surface area contributed by atoms with Crippen LogP contribution in [0.5, 0.6) is 0 Å². The Bertz CT molecular complexity index is 684. The Hall–Kier alpha value is -1.83. The molecule has 8 heteroatoms. The van der Waals surface area contributed by atoms with Crippen LogP contribution in [0.2, 0.25) is 0 Å². The van der Waals surface area contributed by atoms with Crippen LogP contribution in [0.15, 0.2) is 12.1 Å². The van der Waals surface area contributed by atoms with Gasteiger partial charge in [-0.05, 0) is 44.9 Å². The lowest BCUT2D eigenvalue weighted by atomic mass is 10.3. The van der Waals surface area contributed by atoms with Crippen molar-refractivity contribution in [3.8, 4) is 0 Å². The predicted molar refractivity (Wildman–Crippen MR) is 82.7 cm³/mol. The van der Waals surface area contributed by atoms with E-state index in [4.69, 9.17) is 0 Å². The van der Waals surface area contributed by atoms with E-state index in [2.05, 4.69) is 10.4 Å². The van der Waals surface area contributed by atoms with Gasteiger partial charge in [-0.2, -0.15) is 18.3 Å². The molecule has 0 radical (unpaired) electrons. The second-order valence-electron chi connectivity index (χ2n) is 5.35. The first-order valence-electron chi connectivity index (χ1n) is 7.15. The zero-order chi connectivity index (χ0) is 17.2. The van der Waals surface area contributed by atoms with Crippen molar-refractivity contribution in [3.05, 3.63) is 38.8 Å². The summed E-state index contributed by atoms with van der Waals surface area (Å²) in [7, 11) is 0. The second kappa shape index (κ2) is 6.74. The van der Waals surface area contributed by atoms with Crippen LogP contribution < -0.4 is 5.32 Å². The van der Waals surface area contributed by atoms with Crippen LogP contribution >= 0.6 is 11.3 Å². The summed E-state index contributed by atoms with van der Waals surface area (Å²) in [4.78, 5) is 13.7. The molecule has 0 atom stereocenters. The Morgan fingerprint density at radius 3 is 2.52 bits per heavy atom. The number of halogens is 3. The minimum absolute atomic E-state index is 0.153. The number of amides is 1. The number of rotatable bonds is 5. The molecule has 2 heterocycles. The van der Waals surface area contributed by atoms with Crippen LogP contribution in [0.1, 0.15) is 37.9 Å². The molecule has 0 unspecified atom stereocenters. The lowest BCUT2D eigenvalue weighted by Gasteiger charge is -2.06. The number of alkyl halides is 3. The third-order valence-corrected chi connectivity index (χ3v) is 4.64. The van der Waals surface area contributed by atoms with E-state index in [0.29, 0.717) is 30.1 Å². The van der Waals surface area contributed by atoms with E-state index in [9.17, 15) is 18.0 Å². The van der Waals surface area contributed by atoms with Gasteiger partial charge in [0.2, 0.25) is 0 Å². The van der Waals surface area contributed by atoms with Crippen molar-refractivity contribution in [2.45, 2.75) is 39.9 Å². The summed E-state index contributed by atoms with van der Waals surface area (Å²) in [5.74, 6) is -0.153. The molecule has 2 rings (SSSR count). The van der Waals surface area contributed by atoms with Crippen LogP contribution in [0.4, 0.5) is 13.2 Å². The standard InChI is InChI=1S/C15H18F3N3OS/c1-9-7-12(23-11(9)3)14(22)19-5-4-6-21-10(2)8-13(20-21)15(16,17)18/h7-8H,4-6H2,1-3H3,(H,19,22). The smallest absolute Gasteiger partial charge is 0.351 e. The normalized spacial score (nSPS) is 11.7. The first-order valence-corrected chi connectivity index (χ1v) is 7.97. The maximum absolute atomic E-state index is 12.6. The quantitative estimate of drug-likeness (QED) is 0.840. The van der Waals surface area contributed by atoms with Crippen LogP contribution in [-0.2, 0) is 12.7 Å². The summed E-state index contributed by atoms with van der Waals surface area (Å²) in [5, 5.41) is 6.33. The largest absolute Gasteiger partial charge is 0.435 e. The van der Waals surface area contributed by atoms with Crippen LogP contribution in [-0.4, -0.2) is 22.2 Å². The summed E-state index contributed by atoms with van der Waals surface area (Å²) in [6.07, 6.45) is -3.92. The number of carbonyl (C=O) groups is 1. The van der Waals surface area contributed by atoms with Crippen molar-refractivity contribution in [2.24, 2.45) is 0 Å². The van der Waals surface area contributed by atoms with Crippen LogP contribution in [0.3, 0.4) is 0 Å². The summed E-state index contributed by atoms with van der Waals surface area (Å²) >= 11 is 1.43. The fourth-order valence-corrected chi connectivity index (χ4v) is 3.03. The van der Waals surface area contributed by atoms with Gasteiger partial charge in [0.25, 0.3) is 5.91 Å². The molecule has 0 aliphatic rings. The lowest BCUT2D eigenvalue weighted by Crippen LogP contribution is -2.24. The molecule has 0 saturated carbocycles. The van der Waals surface area contributed by atoms with Gasteiger partial charge in [0.05, 0.1) is 4.88 Å². The number of aryl methyl sites for hydroxylation is 4. The van der Waals surface area contributed by atoms with Gasteiger partial charge in [-0.1, -0.05) is 0 Å². The Morgan fingerprint density at radius 2 is 2.00 bits per heavy atom. The number of hydrogen-bond acceptors (Lipinski definition) is 3. The van der Waals surface area contributed by atoms with Crippen LogP contribution in [0.25, 0.3) is 0 Å². The van der Waals surface area contributed by atoms with E-state index >= 15 is 0 Å². The van der Waals surface area contributed by atoms with Gasteiger partial charge in [0, 0.05) is 23.7 Å². The Labute approximate surface area is 136 Å². The fourth-order valence-electron chi connectivity index (χ4n) is 2.08. The van der Waals surface area contributed by atoms with Gasteiger partial charge in [0.1, 0.15) is 0 Å². The molecule has 0 aliphatic carbocycles. The minimum Gasteiger partial charge on any atom is -0.351 e. The highest BCUT2D eigenvalue weighted by Crippen LogP contribution is 2.28. The first-order chi connectivity index (χ1) is 10.7. The third-order valence-electron chi connectivity index (χ3n) is 3.49. The third kappa shape index (κ3) is 4.34. The molecule has 0 aromatic carbocycles. The van der Waals surface area contributed by atoms with Gasteiger partial charge in [-0.25, -0.2) is 0 Å². The minimum atomic E-state index is -4.43. The van der Waals surface area contributed by atoms with Gasteiger partial charge < -0.3 is 5.32 Å². The van der Waals surface area contributed by atoms with Crippen molar-refractivity contribution < 1.29 is 18.0 Å². The zero-order valence-electron chi connectivity index (χ0n) is 13.1. The number of carbonyl (C=O) groups excluding carboxylic acids is 1. The Balaban J connectivity index is 1.84. The summed E-state index contributed by atoms with van der Waals surface area (Å²) in [5.41, 5.74) is 0.642. The molecule has 126 valence electrons. The molecule has 1 amide bonds. The van der Waals surface area contributed by atoms with Crippen LogP contribution in [0, 0.1) is 20.8 Å². The molecule has 2 aromatic rings. The Morgan fingerprint density at radius 1 is 1.30 bits per heavy atom. The molecule has 0 aliphatic heterocycles. The molecular weight excluding hydrogens is 327 g/mol. The molecule has 4 nitrogen and oxygen atoms in total. The highest BCUT2D eigenvalue weighted by atomic mass is 32.1. The predicted octanol–water partition coefficient (Wildman–Crippen LogP) is 3.71. The summed E-state index contributed by atoms with van der Waals surface area (Å²) < 4.78 is 39.0. The number of thiophene rings is 1. The highest BCUT2D eigenvalue weighted by molar-refractivity contribution is 7.14. The molecule has 0 saturated heterocycles. The zero-order valence-corrected chi connectivity index (χ0v) is 13.9. The lowest BCUT2D eigenvalue weighted by molar-refractivity contribution is -0.141. The van der Waals surface area contributed by atoms with Gasteiger partial charge in [-0.3, -0.25) is 9.48 Å². The molecule has 0 fully saturated rings. The summed E-state index contributed by atoms with van der Waals surface area (Å²) in [6, 6.07) is 2.86. The van der Waals surface area contributed by atoms with E-state index < -0.39 is 11.9 Å². The van der Waals surface area contributed by atoms with Crippen molar-refractivity contribution in [2.75, 3.05) is 6.54 Å². The van der Waals surface area contributed by atoms with Crippen molar-refractivity contribution in [1.29, 1.82) is 0 Å². The molecular formula is C15H18F3N3OS. The summed E-state index contributed by atoms with van der Waals surface area (Å²) in [6.45, 7) is 6.19. The van der Waals surface area contributed by atoms with E-state index in [1.54, 1.807) is 6.92 Å². The Kier molecular flexibility index (Phi) is 5.13. The molecule has 1 N–H and O–H groups in total. The fraction of sp³-hybridized carbons (Fsp3) is 0.467. The van der Waals surface area contributed by atoms with Gasteiger partial charge in [-0.15, -0.1) is 11.3 Å². The maximum Gasteiger partial charge on any atom is 0.435 e. The maximum atomic E-state index is 12.6. The van der Waals surface area contributed by atoms with Gasteiger partial charge in [0.15, 0.2) is 5.69 Å². The number of nitrogens with zero attached hydrogens (tertiary/aromatic N) is 2. The molecule has 0 bridgehead atoms. The van der Waals surface area contributed by atoms with Crippen molar-refractivity contribution in [1.82, 2.24) is 15.1 Å². The average molecular weight is 345 g/mol.